The molecular weight excluding hydrogens is 428 g/mol. The van der Waals surface area contributed by atoms with Crippen molar-refractivity contribution < 1.29 is 18.4 Å². The predicted octanol–water partition coefficient (Wildman–Crippen LogP) is 3.64. The second-order valence-electron chi connectivity index (χ2n) is 8.43. The minimum atomic E-state index is -1.03. The van der Waals surface area contributed by atoms with Crippen molar-refractivity contribution >= 4 is 17.5 Å². The molecule has 0 fully saturated rings. The number of rotatable bonds is 3. The molecule has 0 bridgehead atoms. The first kappa shape index (κ1) is 24.7. The second kappa shape index (κ2) is 11.3. The molecule has 0 spiro atoms. The lowest BCUT2D eigenvalue weighted by Crippen LogP contribution is -2.41. The molecule has 2 heterocycles. The van der Waals surface area contributed by atoms with Gasteiger partial charge in [0, 0.05) is 63.6 Å². The summed E-state index contributed by atoms with van der Waals surface area (Å²) in [7, 11) is 0. The third-order valence-electron chi connectivity index (χ3n) is 5.85. The molecule has 3 rings (SSSR count). The molecule has 9 heteroatoms. The zero-order valence-electron chi connectivity index (χ0n) is 19.4. The van der Waals surface area contributed by atoms with E-state index in [0.717, 1.165) is 25.2 Å². The van der Waals surface area contributed by atoms with Gasteiger partial charge in [0.15, 0.2) is 11.6 Å². The number of benzene rings is 1. The van der Waals surface area contributed by atoms with Crippen LogP contribution in [0, 0.1) is 11.6 Å². The van der Waals surface area contributed by atoms with Crippen LogP contribution in [0.1, 0.15) is 56.2 Å². The first-order valence-electron chi connectivity index (χ1n) is 11.4. The molecule has 1 aliphatic heterocycles. The zero-order chi connectivity index (χ0) is 24.0. The molecule has 1 aromatic carbocycles. The predicted molar refractivity (Wildman–Crippen MR) is 122 cm³/mol. The lowest BCUT2D eigenvalue weighted by atomic mass is 10.1. The fraction of sp³-hybridized carbons (Fsp3) is 0.500. The van der Waals surface area contributed by atoms with Crippen LogP contribution in [-0.4, -0.2) is 63.8 Å². The SMILES string of the molecule is CCC(=O)N1CCCN(C(C)C)CCCN(C(=O)c2ncccn2)Cc2cc(F)c(F)cc21. The Morgan fingerprint density at radius 3 is 2.27 bits per heavy atom. The lowest BCUT2D eigenvalue weighted by Gasteiger charge is -2.32. The molecule has 0 aliphatic carbocycles. The smallest absolute Gasteiger partial charge is 0.291 e. The summed E-state index contributed by atoms with van der Waals surface area (Å²) in [6, 6.07) is 4.06. The molecule has 178 valence electrons. The summed E-state index contributed by atoms with van der Waals surface area (Å²) in [4.78, 5) is 39.5. The van der Waals surface area contributed by atoms with E-state index in [9.17, 15) is 18.4 Å². The number of nitrogens with zero attached hydrogens (tertiary/aromatic N) is 5. The highest BCUT2D eigenvalue weighted by Crippen LogP contribution is 2.27. The van der Waals surface area contributed by atoms with Crippen LogP contribution in [0.5, 0.6) is 0 Å². The molecule has 0 N–H and O–H groups in total. The Hall–Kier alpha value is -2.94. The third-order valence-corrected chi connectivity index (χ3v) is 5.85. The molecule has 0 unspecified atom stereocenters. The van der Waals surface area contributed by atoms with E-state index >= 15 is 0 Å². The Balaban J connectivity index is 2.05. The van der Waals surface area contributed by atoms with E-state index in [1.165, 1.54) is 17.3 Å². The van der Waals surface area contributed by atoms with Gasteiger partial charge in [-0.25, -0.2) is 18.7 Å². The van der Waals surface area contributed by atoms with E-state index in [0.29, 0.717) is 43.2 Å². The van der Waals surface area contributed by atoms with E-state index in [2.05, 4.69) is 28.7 Å². The van der Waals surface area contributed by atoms with E-state index in [1.807, 2.05) is 0 Å². The maximum Gasteiger partial charge on any atom is 0.291 e. The number of hydrogen-bond donors (Lipinski definition) is 0. The van der Waals surface area contributed by atoms with Crippen molar-refractivity contribution in [2.24, 2.45) is 0 Å². The number of halogens is 2. The molecule has 1 aromatic heterocycles. The highest BCUT2D eigenvalue weighted by molar-refractivity contribution is 5.94. The summed E-state index contributed by atoms with van der Waals surface area (Å²) in [6.45, 7) is 8.25. The number of aromatic nitrogens is 2. The number of hydrogen-bond acceptors (Lipinski definition) is 5. The van der Waals surface area contributed by atoms with E-state index in [4.69, 9.17) is 0 Å². The standard InChI is InChI=1S/C24H31F2N5O2/c1-4-22(32)31-13-7-11-29(17(2)3)10-6-12-30(24(33)23-27-8-5-9-28-23)16-18-14-19(25)20(26)15-21(18)31/h5,8-9,14-15,17H,4,6-7,10-13,16H2,1-3H3. The minimum absolute atomic E-state index is 0.0127. The van der Waals surface area contributed by atoms with Crippen LogP contribution in [0.3, 0.4) is 0 Å². The largest absolute Gasteiger partial charge is 0.331 e. The van der Waals surface area contributed by atoms with Crippen molar-refractivity contribution in [2.45, 2.75) is 52.6 Å². The van der Waals surface area contributed by atoms with Crippen molar-refractivity contribution in [3.8, 4) is 0 Å². The summed E-state index contributed by atoms with van der Waals surface area (Å²) in [5, 5.41) is 0. The van der Waals surface area contributed by atoms with Gasteiger partial charge in [-0.3, -0.25) is 9.59 Å². The number of amides is 2. The Kier molecular flexibility index (Phi) is 8.43. The van der Waals surface area contributed by atoms with Crippen molar-refractivity contribution in [2.75, 3.05) is 31.1 Å². The number of carbonyl (C=O) groups excluding carboxylic acids is 2. The van der Waals surface area contributed by atoms with Crippen LogP contribution in [-0.2, 0) is 11.3 Å². The van der Waals surface area contributed by atoms with Gasteiger partial charge < -0.3 is 14.7 Å². The van der Waals surface area contributed by atoms with Crippen LogP contribution < -0.4 is 4.90 Å². The Labute approximate surface area is 193 Å². The molecule has 0 saturated heterocycles. The van der Waals surface area contributed by atoms with E-state index in [1.54, 1.807) is 17.9 Å². The van der Waals surface area contributed by atoms with Gasteiger partial charge in [-0.1, -0.05) is 6.92 Å². The molecule has 2 amide bonds. The fourth-order valence-corrected chi connectivity index (χ4v) is 4.06. The summed E-state index contributed by atoms with van der Waals surface area (Å²) in [5.74, 6) is -2.58. The average molecular weight is 460 g/mol. The molecule has 0 radical (unpaired) electrons. The first-order chi connectivity index (χ1) is 15.8. The second-order valence-corrected chi connectivity index (χ2v) is 8.43. The number of anilines is 1. The van der Waals surface area contributed by atoms with Crippen LogP contribution >= 0.6 is 0 Å². The maximum absolute atomic E-state index is 14.3. The third kappa shape index (κ3) is 6.10. The molecular formula is C24H31F2N5O2. The Morgan fingerprint density at radius 1 is 1.00 bits per heavy atom. The molecule has 0 atom stereocenters. The first-order valence-corrected chi connectivity index (χ1v) is 11.4. The molecule has 1 aliphatic rings. The summed E-state index contributed by atoms with van der Waals surface area (Å²) in [6.07, 6.45) is 4.60. The quantitative estimate of drug-likeness (QED) is 0.701. The molecule has 0 saturated carbocycles. The van der Waals surface area contributed by atoms with Crippen molar-refractivity contribution in [3.05, 3.63) is 53.6 Å². The van der Waals surface area contributed by atoms with Crippen LogP contribution in [0.4, 0.5) is 14.5 Å². The van der Waals surface area contributed by atoms with E-state index in [-0.39, 0.29) is 24.7 Å². The Bertz CT molecular complexity index is 971. The topological polar surface area (TPSA) is 69.6 Å². The Morgan fingerprint density at radius 2 is 1.64 bits per heavy atom. The zero-order valence-corrected chi connectivity index (χ0v) is 19.4. The van der Waals surface area contributed by atoms with E-state index < -0.39 is 17.5 Å². The number of fused-ring (bicyclic) bond motifs is 1. The summed E-state index contributed by atoms with van der Waals surface area (Å²) >= 11 is 0. The normalized spacial score (nSPS) is 16.2. The lowest BCUT2D eigenvalue weighted by molar-refractivity contribution is -0.118. The molecule has 33 heavy (non-hydrogen) atoms. The summed E-state index contributed by atoms with van der Waals surface area (Å²) in [5.41, 5.74) is 0.672. The van der Waals surface area contributed by atoms with Gasteiger partial charge in [-0.15, -0.1) is 0 Å². The molecule has 2 aromatic rings. The molecule has 7 nitrogen and oxygen atoms in total. The average Bonchev–Trinajstić information content (AvgIpc) is 2.80. The van der Waals surface area contributed by atoms with Crippen molar-refractivity contribution in [1.29, 1.82) is 0 Å². The van der Waals surface area contributed by atoms with Gasteiger partial charge >= 0.3 is 0 Å². The maximum atomic E-state index is 14.3. The van der Waals surface area contributed by atoms with Gasteiger partial charge in [-0.05, 0) is 44.4 Å². The van der Waals surface area contributed by atoms with Gasteiger partial charge in [0.05, 0.1) is 5.69 Å². The highest BCUT2D eigenvalue weighted by Gasteiger charge is 2.26. The van der Waals surface area contributed by atoms with Crippen LogP contribution in [0.15, 0.2) is 30.6 Å². The van der Waals surface area contributed by atoms with Gasteiger partial charge in [0.25, 0.3) is 5.91 Å². The van der Waals surface area contributed by atoms with Gasteiger partial charge in [-0.2, -0.15) is 0 Å². The summed E-state index contributed by atoms with van der Waals surface area (Å²) < 4.78 is 28.5. The highest BCUT2D eigenvalue weighted by atomic mass is 19.2. The van der Waals surface area contributed by atoms with Crippen molar-refractivity contribution in [1.82, 2.24) is 19.8 Å². The monoisotopic (exact) mass is 459 g/mol. The van der Waals surface area contributed by atoms with Crippen LogP contribution in [0.25, 0.3) is 0 Å². The van der Waals surface area contributed by atoms with Crippen molar-refractivity contribution in [3.63, 3.8) is 0 Å². The van der Waals surface area contributed by atoms with Crippen LogP contribution in [0.2, 0.25) is 0 Å². The minimum Gasteiger partial charge on any atom is -0.331 e. The van der Waals surface area contributed by atoms with Gasteiger partial charge in [0.2, 0.25) is 11.7 Å². The van der Waals surface area contributed by atoms with Gasteiger partial charge in [0.1, 0.15) is 0 Å². The number of carbonyl (C=O) groups is 2. The fourth-order valence-electron chi connectivity index (χ4n) is 4.06.